The molecule has 2 N–H and O–H groups in total. The van der Waals surface area contributed by atoms with E-state index in [1.54, 1.807) is 6.92 Å². The number of aliphatic hydroxyl groups excluding tert-OH is 1. The number of epoxide rings is 1. The summed E-state index contributed by atoms with van der Waals surface area (Å²) in [7, 11) is 0. The van der Waals surface area contributed by atoms with Crippen LogP contribution in [0.15, 0.2) is 48.5 Å². The van der Waals surface area contributed by atoms with Gasteiger partial charge in [-0.2, -0.15) is 0 Å². The van der Waals surface area contributed by atoms with E-state index in [0.717, 1.165) is 6.42 Å². The van der Waals surface area contributed by atoms with Gasteiger partial charge in [0.05, 0.1) is 12.6 Å². The molecule has 3 unspecified atom stereocenters. The Bertz CT molecular complexity index is 1350. The minimum atomic E-state index is -1.77. The van der Waals surface area contributed by atoms with Crippen LogP contribution in [-0.2, 0) is 24.6 Å². The van der Waals surface area contributed by atoms with Gasteiger partial charge in [-0.15, -0.1) is 0 Å². The van der Waals surface area contributed by atoms with Crippen LogP contribution in [0, 0.1) is 22.6 Å². The lowest BCUT2D eigenvalue weighted by atomic mass is 9.58. The van der Waals surface area contributed by atoms with Crippen molar-refractivity contribution in [2.24, 2.45) is 16.7 Å². The Kier molecular flexibility index (Phi) is 5.73. The Balaban J connectivity index is 1.30. The van der Waals surface area contributed by atoms with Gasteiger partial charge in [-0.1, -0.05) is 64.1 Å². The van der Waals surface area contributed by atoms with Crippen LogP contribution < -0.4 is 5.32 Å². The fourth-order valence-electron chi connectivity index (χ4n) is 8.60. The van der Waals surface area contributed by atoms with Crippen molar-refractivity contribution < 1.29 is 33.3 Å². The molecule has 2 aromatic carbocycles. The first-order valence-electron chi connectivity index (χ1n) is 13.8. The lowest BCUT2D eigenvalue weighted by molar-refractivity contribution is -0.173. The van der Waals surface area contributed by atoms with Gasteiger partial charge in [0.2, 0.25) is 0 Å². The van der Waals surface area contributed by atoms with E-state index in [1.807, 2.05) is 0 Å². The molecule has 8 heteroatoms. The number of halogens is 1. The van der Waals surface area contributed by atoms with E-state index in [2.05, 4.69) is 57.3 Å². The minimum Gasteiger partial charge on any atom is -0.460 e. The van der Waals surface area contributed by atoms with Crippen LogP contribution in [-0.4, -0.2) is 41.6 Å². The lowest BCUT2D eigenvalue weighted by Crippen LogP contribution is -2.53. The molecule has 2 aromatic rings. The van der Waals surface area contributed by atoms with Gasteiger partial charge in [0.25, 0.3) is 0 Å². The largest absolute Gasteiger partial charge is 0.460 e. The number of carbonyl (C=O) groups is 2. The molecule has 6 rings (SSSR count). The maximum atomic E-state index is 14.0. The Morgan fingerprint density at radius 2 is 1.92 bits per heavy atom. The molecule has 39 heavy (non-hydrogen) atoms. The Hall–Kier alpha value is -2.97. The first-order chi connectivity index (χ1) is 18.4. The van der Waals surface area contributed by atoms with Crippen molar-refractivity contribution in [3.63, 3.8) is 0 Å². The number of ether oxygens (including phenoxy) is 3. The highest BCUT2D eigenvalue weighted by molar-refractivity contribution is 5.78. The van der Waals surface area contributed by atoms with E-state index in [1.165, 1.54) is 35.4 Å². The SMILES string of the molecule is CCOC(=O)N[C@@H](c1cccc(F)c1)[C@@H](O)C(=O)OC1CC2C(C)(C)C1(C)[C@@]13C[C@H](C)c4ccccc4[C@@]21O3. The molecule has 4 aliphatic rings. The van der Waals surface area contributed by atoms with Gasteiger partial charge in [0.1, 0.15) is 23.1 Å². The van der Waals surface area contributed by atoms with E-state index in [-0.39, 0.29) is 29.4 Å². The third-order valence-corrected chi connectivity index (χ3v) is 10.6. The lowest BCUT2D eigenvalue weighted by Gasteiger charge is -2.46. The summed E-state index contributed by atoms with van der Waals surface area (Å²) < 4.78 is 31.9. The number of nitrogens with one attached hydrogen (secondary N) is 1. The average Bonchev–Trinajstić information content (AvgIpc) is 3.52. The molecule has 3 aliphatic carbocycles. The molecule has 3 fully saturated rings. The van der Waals surface area contributed by atoms with E-state index >= 15 is 0 Å². The highest BCUT2D eigenvalue weighted by atomic mass is 19.1. The smallest absolute Gasteiger partial charge is 0.407 e. The summed E-state index contributed by atoms with van der Waals surface area (Å²) >= 11 is 0. The summed E-state index contributed by atoms with van der Waals surface area (Å²) in [4.78, 5) is 25.8. The van der Waals surface area contributed by atoms with Gasteiger partial charge >= 0.3 is 12.1 Å². The Morgan fingerprint density at radius 3 is 2.64 bits per heavy atom. The van der Waals surface area contributed by atoms with Gasteiger partial charge in [-0.3, -0.25) is 0 Å². The molecule has 2 bridgehead atoms. The minimum absolute atomic E-state index is 0.102. The van der Waals surface area contributed by atoms with Crippen molar-refractivity contribution >= 4 is 12.1 Å². The predicted octanol–water partition coefficient (Wildman–Crippen LogP) is 5.12. The van der Waals surface area contributed by atoms with Crippen molar-refractivity contribution in [2.45, 2.75) is 82.8 Å². The van der Waals surface area contributed by atoms with E-state index < -0.39 is 52.7 Å². The molecule has 0 aromatic heterocycles. The van der Waals surface area contributed by atoms with Gasteiger partial charge in [-0.05, 0) is 59.9 Å². The second-order valence-electron chi connectivity index (χ2n) is 12.3. The highest BCUT2D eigenvalue weighted by Gasteiger charge is 2.95. The molecule has 7 nitrogen and oxygen atoms in total. The fourth-order valence-corrected chi connectivity index (χ4v) is 8.60. The molecule has 2 saturated carbocycles. The Morgan fingerprint density at radius 1 is 1.18 bits per heavy atom. The number of hydrogen-bond donors (Lipinski definition) is 2. The van der Waals surface area contributed by atoms with Gasteiger partial charge in [0, 0.05) is 11.3 Å². The van der Waals surface area contributed by atoms with Gasteiger partial charge in [-0.25, -0.2) is 14.0 Å². The maximum Gasteiger partial charge on any atom is 0.407 e. The van der Waals surface area contributed by atoms with E-state index in [4.69, 9.17) is 14.2 Å². The number of carbonyl (C=O) groups excluding carboxylic acids is 2. The molecular formula is C31H36FNO6. The summed E-state index contributed by atoms with van der Waals surface area (Å²) in [6, 6.07) is 12.7. The van der Waals surface area contributed by atoms with Crippen LogP contribution in [0.25, 0.3) is 0 Å². The first kappa shape index (κ1) is 26.3. The summed E-state index contributed by atoms with van der Waals surface area (Å²) in [6.07, 6.45) is -1.66. The zero-order chi connectivity index (χ0) is 28.0. The number of alkyl carbamates (subject to hydrolysis) is 1. The Labute approximate surface area is 228 Å². The summed E-state index contributed by atoms with van der Waals surface area (Å²) in [5.41, 5.74) is 1.22. The van der Waals surface area contributed by atoms with Crippen LogP contribution in [0.4, 0.5) is 9.18 Å². The van der Waals surface area contributed by atoms with E-state index in [9.17, 15) is 19.1 Å². The monoisotopic (exact) mass is 537 g/mol. The van der Waals surface area contributed by atoms with Crippen LogP contribution in [0.1, 0.15) is 76.1 Å². The summed E-state index contributed by atoms with van der Waals surface area (Å²) in [5.74, 6) is -1.02. The second kappa shape index (κ2) is 8.51. The van der Waals surface area contributed by atoms with Crippen LogP contribution in [0.5, 0.6) is 0 Å². The number of fused-ring (bicyclic) bond motifs is 3. The molecule has 8 atom stereocenters. The average molecular weight is 538 g/mol. The van der Waals surface area contributed by atoms with Crippen molar-refractivity contribution in [3.8, 4) is 0 Å². The zero-order valence-electron chi connectivity index (χ0n) is 23.0. The summed E-state index contributed by atoms with van der Waals surface area (Å²) in [5, 5.41) is 13.7. The van der Waals surface area contributed by atoms with Crippen LogP contribution >= 0.6 is 0 Å². The van der Waals surface area contributed by atoms with E-state index in [0.29, 0.717) is 6.42 Å². The third-order valence-electron chi connectivity index (χ3n) is 10.6. The normalized spacial score (nSPS) is 36.1. The topological polar surface area (TPSA) is 97.4 Å². The number of hydrogen-bond acceptors (Lipinski definition) is 6. The summed E-state index contributed by atoms with van der Waals surface area (Å²) in [6.45, 7) is 10.6. The molecule has 1 saturated heterocycles. The third kappa shape index (κ3) is 3.21. The van der Waals surface area contributed by atoms with Crippen LogP contribution in [0.2, 0.25) is 0 Å². The number of aliphatic hydroxyl groups is 1. The molecule has 0 spiro atoms. The molecule has 0 radical (unpaired) electrons. The fraction of sp³-hybridized carbons (Fsp3) is 0.548. The molecule has 1 aliphatic heterocycles. The van der Waals surface area contributed by atoms with Crippen molar-refractivity contribution in [1.82, 2.24) is 5.32 Å². The van der Waals surface area contributed by atoms with Gasteiger partial charge < -0.3 is 24.6 Å². The standard InChI is InChI=1S/C31H36FNO6/c1-6-37-27(36)33-24(18-10-9-11-19(32)14-18)25(34)26(35)38-23-15-22-28(3,4)29(23,5)30-16-17(2)20-12-7-8-13-21(20)31(22,30)39-30/h7-14,17,22-25,34H,6,15-16H2,1-5H3,(H,33,36)/t17-,22?,23?,24-,25+,29?,30-,31+/m0/s1. The number of benzene rings is 2. The molecule has 1 heterocycles. The number of rotatable bonds is 6. The zero-order valence-corrected chi connectivity index (χ0v) is 23.0. The first-order valence-corrected chi connectivity index (χ1v) is 13.8. The molecular weight excluding hydrogens is 501 g/mol. The van der Waals surface area contributed by atoms with Gasteiger partial charge in [0.15, 0.2) is 6.10 Å². The maximum absolute atomic E-state index is 14.0. The molecule has 1 amide bonds. The number of amides is 1. The number of esters is 1. The second-order valence-corrected chi connectivity index (χ2v) is 12.3. The molecule has 208 valence electrons. The highest BCUT2D eigenvalue weighted by Crippen LogP contribution is 2.89. The quantitative estimate of drug-likeness (QED) is 0.392. The van der Waals surface area contributed by atoms with Crippen molar-refractivity contribution in [2.75, 3.05) is 6.61 Å². The van der Waals surface area contributed by atoms with Crippen LogP contribution in [0.3, 0.4) is 0 Å². The predicted molar refractivity (Wildman–Crippen MR) is 140 cm³/mol. The van der Waals surface area contributed by atoms with Crippen molar-refractivity contribution in [1.29, 1.82) is 0 Å². The van der Waals surface area contributed by atoms with Crippen molar-refractivity contribution in [3.05, 3.63) is 71.0 Å².